The molecule has 86 valence electrons. The Morgan fingerprint density at radius 1 is 1.44 bits per heavy atom. The van der Waals surface area contributed by atoms with Crippen molar-refractivity contribution in [3.05, 3.63) is 29.6 Å². The first-order valence-corrected chi connectivity index (χ1v) is 5.18. The zero-order chi connectivity index (χ0) is 12.0. The Balaban J connectivity index is 2.49. The molecule has 1 rings (SSSR count). The Morgan fingerprint density at radius 3 is 2.69 bits per heavy atom. The number of pyridine rings is 1. The molecule has 0 aliphatic carbocycles. The highest BCUT2D eigenvalue weighted by Crippen LogP contribution is 2.02. The number of aromatic nitrogens is 1. The summed E-state index contributed by atoms with van der Waals surface area (Å²) in [6.07, 6.45) is 1.31. The van der Waals surface area contributed by atoms with E-state index in [0.717, 1.165) is 0 Å². The second-order valence-corrected chi connectivity index (χ2v) is 3.34. The number of carboxylic acid groups (broad SMARTS) is 1. The van der Waals surface area contributed by atoms with E-state index in [1.807, 2.05) is 0 Å². The van der Waals surface area contributed by atoms with Gasteiger partial charge in [0.1, 0.15) is 0 Å². The molecule has 0 saturated heterocycles. The number of aliphatic carboxylic acids is 1. The van der Waals surface area contributed by atoms with Gasteiger partial charge < -0.3 is 10.4 Å². The minimum absolute atomic E-state index is 0.0983. The van der Waals surface area contributed by atoms with Gasteiger partial charge in [-0.2, -0.15) is 0 Å². The molecule has 0 spiro atoms. The lowest BCUT2D eigenvalue weighted by Gasteiger charge is -2.03. The number of hydrogen-bond donors (Lipinski definition) is 2. The average molecular weight is 243 g/mol. The molecule has 0 atom stereocenters. The third-order valence-corrected chi connectivity index (χ3v) is 2.12. The van der Waals surface area contributed by atoms with Crippen molar-refractivity contribution in [1.29, 1.82) is 0 Å². The predicted octanol–water partition coefficient (Wildman–Crippen LogP) is 1.02. The molecule has 1 aromatic heterocycles. The summed E-state index contributed by atoms with van der Waals surface area (Å²) in [5, 5.41) is 10.9. The average Bonchev–Trinajstić information content (AvgIpc) is 2.28. The Bertz CT molecular complexity index is 378. The van der Waals surface area contributed by atoms with E-state index < -0.39 is 5.97 Å². The summed E-state index contributed by atoms with van der Waals surface area (Å²) in [6, 6.07) is 3.25. The van der Waals surface area contributed by atoms with Gasteiger partial charge in [0.25, 0.3) is 5.91 Å². The molecule has 1 amide bonds. The van der Waals surface area contributed by atoms with Crippen molar-refractivity contribution in [2.24, 2.45) is 0 Å². The van der Waals surface area contributed by atoms with E-state index in [2.05, 4.69) is 10.3 Å². The molecule has 6 heteroatoms. The normalized spacial score (nSPS) is 9.81. The molecule has 2 N–H and O–H groups in total. The number of rotatable bonds is 5. The van der Waals surface area contributed by atoms with E-state index in [0.29, 0.717) is 17.1 Å². The summed E-state index contributed by atoms with van der Waals surface area (Å²) in [5.74, 6) is -0.994. The number of hydrogen-bond acceptors (Lipinski definition) is 3. The van der Waals surface area contributed by atoms with Gasteiger partial charge in [0, 0.05) is 12.7 Å². The van der Waals surface area contributed by atoms with Crippen LogP contribution in [0.5, 0.6) is 0 Å². The van der Waals surface area contributed by atoms with Crippen LogP contribution in [-0.2, 0) is 10.7 Å². The Kier molecular flexibility index (Phi) is 4.72. The quantitative estimate of drug-likeness (QED) is 0.756. The van der Waals surface area contributed by atoms with E-state index in [4.69, 9.17) is 16.7 Å². The molecular formula is C10H11ClN2O3. The molecule has 0 unspecified atom stereocenters. The monoisotopic (exact) mass is 242 g/mol. The minimum Gasteiger partial charge on any atom is -0.481 e. The largest absolute Gasteiger partial charge is 0.481 e. The van der Waals surface area contributed by atoms with Gasteiger partial charge in [-0.15, -0.1) is 11.6 Å². The van der Waals surface area contributed by atoms with Crippen LogP contribution in [-0.4, -0.2) is 28.5 Å². The highest BCUT2D eigenvalue weighted by Gasteiger charge is 2.06. The summed E-state index contributed by atoms with van der Waals surface area (Å²) in [4.78, 5) is 25.6. The van der Waals surface area contributed by atoms with Gasteiger partial charge in [-0.3, -0.25) is 14.6 Å². The SMILES string of the molecule is O=C(O)CCNC(=O)c1ccc(CCl)nc1. The van der Waals surface area contributed by atoms with Crippen LogP contribution in [0.1, 0.15) is 22.5 Å². The highest BCUT2D eigenvalue weighted by atomic mass is 35.5. The number of carboxylic acids is 1. The molecule has 1 aromatic rings. The first-order chi connectivity index (χ1) is 7.63. The number of amides is 1. The van der Waals surface area contributed by atoms with Crippen LogP contribution < -0.4 is 5.32 Å². The van der Waals surface area contributed by atoms with Gasteiger partial charge in [-0.05, 0) is 12.1 Å². The van der Waals surface area contributed by atoms with Crippen molar-refractivity contribution in [2.75, 3.05) is 6.54 Å². The fraction of sp³-hybridized carbons (Fsp3) is 0.300. The van der Waals surface area contributed by atoms with Crippen molar-refractivity contribution < 1.29 is 14.7 Å². The maximum atomic E-state index is 11.4. The van der Waals surface area contributed by atoms with Crippen LogP contribution in [0.4, 0.5) is 0 Å². The van der Waals surface area contributed by atoms with Gasteiger partial charge in [-0.1, -0.05) is 0 Å². The smallest absolute Gasteiger partial charge is 0.305 e. The first kappa shape index (κ1) is 12.4. The summed E-state index contributed by atoms with van der Waals surface area (Å²) < 4.78 is 0. The van der Waals surface area contributed by atoms with Crippen LogP contribution in [0.15, 0.2) is 18.3 Å². The van der Waals surface area contributed by atoms with Crippen molar-refractivity contribution in [3.8, 4) is 0 Å². The maximum absolute atomic E-state index is 11.4. The van der Waals surface area contributed by atoms with Crippen molar-refractivity contribution in [3.63, 3.8) is 0 Å². The third-order valence-electron chi connectivity index (χ3n) is 1.85. The fourth-order valence-corrected chi connectivity index (χ4v) is 1.18. The predicted molar refractivity (Wildman–Crippen MR) is 58.4 cm³/mol. The van der Waals surface area contributed by atoms with Gasteiger partial charge in [0.2, 0.25) is 0 Å². The molecule has 1 heterocycles. The summed E-state index contributed by atoms with van der Waals surface area (Å²) >= 11 is 5.55. The fourth-order valence-electron chi connectivity index (χ4n) is 1.02. The second kappa shape index (κ2) is 6.07. The molecule has 0 fully saturated rings. The van der Waals surface area contributed by atoms with Crippen LogP contribution in [0.25, 0.3) is 0 Å². The van der Waals surface area contributed by atoms with E-state index in [9.17, 15) is 9.59 Å². The highest BCUT2D eigenvalue weighted by molar-refractivity contribution is 6.16. The van der Waals surface area contributed by atoms with Gasteiger partial charge in [0.05, 0.1) is 23.6 Å². The van der Waals surface area contributed by atoms with E-state index >= 15 is 0 Å². The number of halogens is 1. The summed E-state index contributed by atoms with van der Waals surface area (Å²) in [5.41, 5.74) is 1.07. The summed E-state index contributed by atoms with van der Waals surface area (Å²) in [6.45, 7) is 0.103. The Labute approximate surface area is 97.4 Å². The van der Waals surface area contributed by atoms with E-state index in [-0.39, 0.29) is 18.9 Å². The maximum Gasteiger partial charge on any atom is 0.305 e. The molecule has 0 aliphatic heterocycles. The van der Waals surface area contributed by atoms with Crippen LogP contribution in [0, 0.1) is 0 Å². The van der Waals surface area contributed by atoms with Crippen LogP contribution in [0.2, 0.25) is 0 Å². The molecule has 5 nitrogen and oxygen atoms in total. The number of alkyl halides is 1. The number of carbonyl (C=O) groups excluding carboxylic acids is 1. The third kappa shape index (κ3) is 3.86. The Hall–Kier alpha value is -1.62. The molecule has 0 bridgehead atoms. The van der Waals surface area contributed by atoms with Gasteiger partial charge in [-0.25, -0.2) is 0 Å². The van der Waals surface area contributed by atoms with Gasteiger partial charge in [0.15, 0.2) is 0 Å². The molecule has 0 aliphatic rings. The lowest BCUT2D eigenvalue weighted by Crippen LogP contribution is -2.26. The molecule has 0 aromatic carbocycles. The van der Waals surface area contributed by atoms with Crippen molar-refractivity contribution in [2.45, 2.75) is 12.3 Å². The van der Waals surface area contributed by atoms with Crippen molar-refractivity contribution >= 4 is 23.5 Å². The lowest BCUT2D eigenvalue weighted by molar-refractivity contribution is -0.136. The zero-order valence-corrected chi connectivity index (χ0v) is 9.20. The number of carbonyl (C=O) groups is 2. The summed E-state index contributed by atoms with van der Waals surface area (Å²) in [7, 11) is 0. The van der Waals surface area contributed by atoms with Crippen LogP contribution >= 0.6 is 11.6 Å². The van der Waals surface area contributed by atoms with Gasteiger partial charge >= 0.3 is 5.97 Å². The number of nitrogens with zero attached hydrogens (tertiary/aromatic N) is 1. The first-order valence-electron chi connectivity index (χ1n) is 4.64. The molecule has 16 heavy (non-hydrogen) atoms. The molecule has 0 saturated carbocycles. The van der Waals surface area contributed by atoms with Crippen molar-refractivity contribution in [1.82, 2.24) is 10.3 Å². The number of nitrogens with one attached hydrogen (secondary N) is 1. The lowest BCUT2D eigenvalue weighted by atomic mass is 10.2. The second-order valence-electron chi connectivity index (χ2n) is 3.07. The topological polar surface area (TPSA) is 79.3 Å². The van der Waals surface area contributed by atoms with Crippen LogP contribution in [0.3, 0.4) is 0 Å². The Morgan fingerprint density at radius 2 is 2.19 bits per heavy atom. The van der Waals surface area contributed by atoms with E-state index in [1.165, 1.54) is 6.20 Å². The standard InChI is InChI=1S/C10H11ClN2O3/c11-5-8-2-1-7(6-13-8)10(16)12-4-3-9(14)15/h1-2,6H,3-5H2,(H,12,16)(H,14,15). The minimum atomic E-state index is -0.948. The zero-order valence-electron chi connectivity index (χ0n) is 8.44. The molecular weight excluding hydrogens is 232 g/mol. The van der Waals surface area contributed by atoms with E-state index in [1.54, 1.807) is 12.1 Å². The molecule has 0 radical (unpaired) electrons.